The van der Waals surface area contributed by atoms with E-state index in [0.29, 0.717) is 30.3 Å². The summed E-state index contributed by atoms with van der Waals surface area (Å²) in [6, 6.07) is 2.09. The summed E-state index contributed by atoms with van der Waals surface area (Å²) in [5.74, 6) is 0.698. The van der Waals surface area contributed by atoms with E-state index in [0.717, 1.165) is 33.4 Å². The second kappa shape index (κ2) is 5.86. The van der Waals surface area contributed by atoms with Gasteiger partial charge in [0.1, 0.15) is 15.4 Å². The second-order valence-electron chi connectivity index (χ2n) is 7.06. The highest BCUT2D eigenvalue weighted by atomic mass is 32.1. The Kier molecular flexibility index (Phi) is 3.90. The Morgan fingerprint density at radius 3 is 2.96 bits per heavy atom. The van der Waals surface area contributed by atoms with Crippen molar-refractivity contribution in [2.24, 2.45) is 0 Å². The summed E-state index contributed by atoms with van der Waals surface area (Å²) >= 11 is 1.43. The van der Waals surface area contributed by atoms with E-state index in [4.69, 9.17) is 19.4 Å². The maximum absolute atomic E-state index is 12.9. The quantitative estimate of drug-likeness (QED) is 0.719. The molecule has 0 spiro atoms. The number of fused-ring (bicyclic) bond motifs is 4. The fraction of sp³-hybridized carbons (Fsp3) is 0.500. The van der Waals surface area contributed by atoms with Gasteiger partial charge in [0.05, 0.1) is 36.6 Å². The Hall–Kier alpha value is -1.83. The summed E-state index contributed by atoms with van der Waals surface area (Å²) in [6.07, 6.45) is 0.775. The van der Waals surface area contributed by atoms with E-state index in [1.165, 1.54) is 11.3 Å². The van der Waals surface area contributed by atoms with Gasteiger partial charge in [-0.3, -0.25) is 9.36 Å². The van der Waals surface area contributed by atoms with Gasteiger partial charge in [0, 0.05) is 24.5 Å². The van der Waals surface area contributed by atoms with E-state index >= 15 is 0 Å². The number of methoxy groups -OCH3 is 1. The number of aryl methyl sites for hydroxylation is 1. The number of rotatable bonds is 3. The van der Waals surface area contributed by atoms with E-state index in [9.17, 15) is 4.79 Å². The van der Waals surface area contributed by atoms with Crippen LogP contribution in [-0.4, -0.2) is 33.9 Å². The molecule has 0 fully saturated rings. The summed E-state index contributed by atoms with van der Waals surface area (Å²) in [5, 5.41) is 0.946. The minimum Gasteiger partial charge on any atom is -0.383 e. The average Bonchev–Trinajstić information content (AvgIpc) is 2.90. The molecule has 0 aliphatic carbocycles. The van der Waals surface area contributed by atoms with Crippen molar-refractivity contribution in [2.45, 2.75) is 45.9 Å². The topological polar surface area (TPSA) is 66.2 Å². The Morgan fingerprint density at radius 1 is 1.40 bits per heavy atom. The predicted molar refractivity (Wildman–Crippen MR) is 98.4 cm³/mol. The van der Waals surface area contributed by atoms with Gasteiger partial charge in [0.25, 0.3) is 5.56 Å². The SMILES string of the molecule is COCCn1c(C)nc2c(sc3nc4c(cc32)COC(C)(C)C4)c1=O. The van der Waals surface area contributed by atoms with Crippen molar-refractivity contribution in [3.05, 3.63) is 33.5 Å². The van der Waals surface area contributed by atoms with E-state index in [-0.39, 0.29) is 11.2 Å². The van der Waals surface area contributed by atoms with E-state index < -0.39 is 0 Å². The third-order valence-corrected chi connectivity index (χ3v) is 5.74. The third kappa shape index (κ3) is 2.76. The Morgan fingerprint density at radius 2 is 2.20 bits per heavy atom. The molecule has 6 nitrogen and oxygen atoms in total. The Bertz CT molecular complexity index is 1040. The van der Waals surface area contributed by atoms with Gasteiger partial charge in [-0.25, -0.2) is 9.97 Å². The van der Waals surface area contributed by atoms with E-state index in [1.807, 2.05) is 6.92 Å². The first-order chi connectivity index (χ1) is 11.9. The first-order valence-corrected chi connectivity index (χ1v) is 9.16. The molecule has 1 aliphatic rings. The van der Waals surface area contributed by atoms with Gasteiger partial charge in [0.15, 0.2) is 0 Å². The Balaban J connectivity index is 1.93. The summed E-state index contributed by atoms with van der Waals surface area (Å²) in [6.45, 7) is 7.55. The highest BCUT2D eigenvalue weighted by molar-refractivity contribution is 7.25. The van der Waals surface area contributed by atoms with Crippen molar-refractivity contribution >= 4 is 31.8 Å². The van der Waals surface area contributed by atoms with Crippen LogP contribution in [0.3, 0.4) is 0 Å². The van der Waals surface area contributed by atoms with E-state index in [2.05, 4.69) is 19.9 Å². The fourth-order valence-corrected chi connectivity index (χ4v) is 4.35. The molecule has 0 saturated heterocycles. The molecule has 0 aromatic carbocycles. The van der Waals surface area contributed by atoms with Crippen LogP contribution in [-0.2, 0) is 29.0 Å². The van der Waals surface area contributed by atoms with Gasteiger partial charge in [0.2, 0.25) is 0 Å². The minimum absolute atomic E-state index is 0.0166. The minimum atomic E-state index is -0.202. The second-order valence-corrected chi connectivity index (χ2v) is 8.06. The Labute approximate surface area is 149 Å². The van der Waals surface area contributed by atoms with Crippen molar-refractivity contribution < 1.29 is 9.47 Å². The monoisotopic (exact) mass is 359 g/mol. The molecule has 0 saturated carbocycles. The zero-order chi connectivity index (χ0) is 17.8. The van der Waals surface area contributed by atoms with Gasteiger partial charge in [-0.05, 0) is 26.8 Å². The van der Waals surface area contributed by atoms with Crippen molar-refractivity contribution in [2.75, 3.05) is 13.7 Å². The molecule has 1 aliphatic heterocycles. The molecule has 0 atom stereocenters. The van der Waals surface area contributed by atoms with Crippen LogP contribution in [0.25, 0.3) is 20.4 Å². The van der Waals surface area contributed by atoms with Crippen LogP contribution in [0, 0.1) is 6.92 Å². The molecular weight excluding hydrogens is 338 g/mol. The van der Waals surface area contributed by atoms with Crippen LogP contribution in [0.15, 0.2) is 10.9 Å². The van der Waals surface area contributed by atoms with Crippen molar-refractivity contribution in [3.63, 3.8) is 0 Å². The lowest BCUT2D eigenvalue weighted by Crippen LogP contribution is -2.32. The maximum atomic E-state index is 12.9. The van der Waals surface area contributed by atoms with Crippen molar-refractivity contribution in [1.29, 1.82) is 0 Å². The number of nitrogens with zero attached hydrogens (tertiary/aromatic N) is 3. The van der Waals surface area contributed by atoms with Crippen LogP contribution >= 0.6 is 11.3 Å². The molecule has 3 aromatic rings. The highest BCUT2D eigenvalue weighted by Gasteiger charge is 2.28. The lowest BCUT2D eigenvalue weighted by atomic mass is 9.95. The van der Waals surface area contributed by atoms with Gasteiger partial charge in [-0.2, -0.15) is 0 Å². The molecule has 0 N–H and O–H groups in total. The van der Waals surface area contributed by atoms with Crippen molar-refractivity contribution in [1.82, 2.24) is 14.5 Å². The van der Waals surface area contributed by atoms with Crippen LogP contribution in [0.2, 0.25) is 0 Å². The average molecular weight is 359 g/mol. The summed E-state index contributed by atoms with van der Waals surface area (Å²) in [5.41, 5.74) is 2.68. The number of hydrogen-bond donors (Lipinski definition) is 0. The molecular formula is C18H21N3O3S. The lowest BCUT2D eigenvalue weighted by molar-refractivity contribution is -0.0411. The molecule has 132 valence electrons. The zero-order valence-corrected chi connectivity index (χ0v) is 15.7. The summed E-state index contributed by atoms with van der Waals surface area (Å²) in [4.78, 5) is 23.3. The summed E-state index contributed by atoms with van der Waals surface area (Å²) in [7, 11) is 1.63. The zero-order valence-electron chi connectivity index (χ0n) is 14.9. The predicted octanol–water partition coefficient (Wildman–Crippen LogP) is 2.81. The molecule has 25 heavy (non-hydrogen) atoms. The van der Waals surface area contributed by atoms with Crippen molar-refractivity contribution in [3.8, 4) is 0 Å². The number of aromatic nitrogens is 3. The molecule has 4 heterocycles. The van der Waals surface area contributed by atoms with Crippen LogP contribution in [0.1, 0.15) is 30.9 Å². The normalized spacial score (nSPS) is 16.5. The molecule has 0 bridgehead atoms. The number of thiophene rings is 1. The number of pyridine rings is 1. The first kappa shape index (κ1) is 16.6. The largest absolute Gasteiger partial charge is 0.383 e. The standard InChI is InChI=1S/C18H21N3O3S/c1-10-19-14-12-7-11-9-24-18(2,3)8-13(11)20-16(12)25-15(14)17(22)21(10)5-6-23-4/h7H,5-6,8-9H2,1-4H3. The van der Waals surface area contributed by atoms with Crippen LogP contribution in [0.4, 0.5) is 0 Å². The van der Waals surface area contributed by atoms with Crippen LogP contribution in [0.5, 0.6) is 0 Å². The molecule has 3 aromatic heterocycles. The number of ether oxygens (including phenoxy) is 2. The molecule has 0 radical (unpaired) electrons. The van der Waals surface area contributed by atoms with Gasteiger partial charge < -0.3 is 9.47 Å². The molecule has 0 amide bonds. The number of hydrogen-bond acceptors (Lipinski definition) is 6. The molecule has 4 rings (SSSR count). The fourth-order valence-electron chi connectivity index (χ4n) is 3.29. The lowest BCUT2D eigenvalue weighted by Gasteiger charge is -2.30. The van der Waals surface area contributed by atoms with Gasteiger partial charge in [-0.1, -0.05) is 0 Å². The van der Waals surface area contributed by atoms with Crippen LogP contribution < -0.4 is 5.56 Å². The van der Waals surface area contributed by atoms with E-state index in [1.54, 1.807) is 11.7 Å². The molecule has 7 heteroatoms. The summed E-state index contributed by atoms with van der Waals surface area (Å²) < 4.78 is 13.3. The smallest absolute Gasteiger partial charge is 0.271 e. The third-order valence-electron chi connectivity index (χ3n) is 4.66. The van der Waals surface area contributed by atoms with Gasteiger partial charge in [-0.15, -0.1) is 11.3 Å². The first-order valence-electron chi connectivity index (χ1n) is 8.35. The maximum Gasteiger partial charge on any atom is 0.271 e. The molecule has 0 unspecified atom stereocenters. The van der Waals surface area contributed by atoms with Gasteiger partial charge >= 0.3 is 0 Å². The highest BCUT2D eigenvalue weighted by Crippen LogP contribution is 2.34.